The minimum atomic E-state index is -1.13. The van der Waals surface area contributed by atoms with Gasteiger partial charge in [-0.3, -0.25) is 0 Å². The van der Waals surface area contributed by atoms with Crippen molar-refractivity contribution >= 4 is 49.7 Å². The van der Waals surface area contributed by atoms with Crippen molar-refractivity contribution in [2.24, 2.45) is 0 Å². The van der Waals surface area contributed by atoms with Crippen LogP contribution >= 0.6 is 0 Å². The van der Waals surface area contributed by atoms with E-state index in [-0.39, 0.29) is 48.9 Å². The number of carbonyl (C=O) groups is 2. The van der Waals surface area contributed by atoms with Crippen LogP contribution in [0.1, 0.15) is 225 Å². The second-order valence-corrected chi connectivity index (χ2v) is 15.0. The number of carboxylic acids is 2. The van der Waals surface area contributed by atoms with Gasteiger partial charge in [-0.15, -0.1) is 0 Å². The molecule has 0 bridgehead atoms. The maximum Gasteiger partial charge on any atom is 2.00 e. The van der Waals surface area contributed by atoms with Crippen LogP contribution in [0, 0.1) is 0 Å². The minimum absolute atomic E-state index is 0. The number of hydrogen-bond acceptors (Lipinski definition) is 4. The van der Waals surface area contributed by atoms with Crippen molar-refractivity contribution in [2.75, 3.05) is 0 Å². The zero-order valence-electron chi connectivity index (χ0n) is 33.9. The van der Waals surface area contributed by atoms with Crippen molar-refractivity contribution in [1.29, 1.82) is 0 Å². The molecule has 0 aliphatic rings. The maximum atomic E-state index is 11.4. The van der Waals surface area contributed by atoms with Gasteiger partial charge in [0, 0.05) is 0 Å². The van der Waals surface area contributed by atoms with E-state index in [0.717, 1.165) is 36.8 Å². The number of carboxylic acid groups (broad SMARTS) is 2. The first-order chi connectivity index (χ1) is 25.3. The molecule has 2 aromatic carbocycles. The second kappa shape index (κ2) is 35.9. The quantitative estimate of drug-likeness (QED) is 0.0565. The van der Waals surface area contributed by atoms with Crippen LogP contribution in [0.2, 0.25) is 0 Å². The Morgan fingerprint density at radius 2 is 0.642 bits per heavy atom. The van der Waals surface area contributed by atoms with Crippen molar-refractivity contribution < 1.29 is 30.0 Å². The molecule has 0 saturated carbocycles. The van der Waals surface area contributed by atoms with Gasteiger partial charge in [-0.25, -0.2) is 9.59 Å². The summed E-state index contributed by atoms with van der Waals surface area (Å²) < 4.78 is 0. The summed E-state index contributed by atoms with van der Waals surface area (Å²) in [5.74, 6) is -3.06. The topological polar surface area (TPSA) is 121 Å². The molecule has 0 fully saturated rings. The summed E-state index contributed by atoms with van der Waals surface area (Å²) in [5, 5.41) is 40.8. The molecule has 0 amide bonds. The van der Waals surface area contributed by atoms with Crippen molar-refractivity contribution in [3.63, 3.8) is 0 Å². The third-order valence-electron chi connectivity index (χ3n) is 10.2. The molecule has 296 valence electrons. The fraction of sp³-hybridized carbons (Fsp3) is 0.696. The number of rotatable bonds is 32. The molecule has 0 aliphatic carbocycles. The summed E-state index contributed by atoms with van der Waals surface area (Å²) in [6, 6.07) is 9.35. The smallest absolute Gasteiger partial charge is 0.872 e. The standard InChI is InChI=1S/2C23H38O3.Ca/c2*1-2-3-4-5-6-7-8-9-10-11-12-13-14-15-16-20-17-18-22(24)21(19-20)23(25)26;/h2*17-19,24H,2-16H2,1H3,(H,25,26);/q;;+2/p-2. The van der Waals surface area contributed by atoms with Gasteiger partial charge in [0.2, 0.25) is 0 Å². The summed E-state index contributed by atoms with van der Waals surface area (Å²) in [5.41, 5.74) is 1.71. The van der Waals surface area contributed by atoms with E-state index in [1.165, 1.54) is 191 Å². The number of aryl methyl sites for hydroxylation is 2. The summed E-state index contributed by atoms with van der Waals surface area (Å²) in [7, 11) is 0. The molecule has 0 radical (unpaired) electrons. The van der Waals surface area contributed by atoms with Crippen molar-refractivity contribution in [2.45, 2.75) is 206 Å². The minimum Gasteiger partial charge on any atom is -0.872 e. The molecule has 0 aromatic heterocycles. The first-order valence-corrected chi connectivity index (χ1v) is 21.4. The Kier molecular flexibility index (Phi) is 34.7. The second-order valence-electron chi connectivity index (χ2n) is 15.0. The zero-order chi connectivity index (χ0) is 38.1. The van der Waals surface area contributed by atoms with Gasteiger partial charge in [-0.05, 0) is 48.9 Å². The summed E-state index contributed by atoms with van der Waals surface area (Å²) in [4.78, 5) is 22.0. The van der Waals surface area contributed by atoms with E-state index in [9.17, 15) is 19.8 Å². The van der Waals surface area contributed by atoms with E-state index in [1.807, 2.05) is 0 Å². The Morgan fingerprint density at radius 1 is 0.415 bits per heavy atom. The van der Waals surface area contributed by atoms with Crippen LogP contribution in [-0.2, 0) is 12.8 Å². The Hall–Kier alpha value is -1.76. The molecule has 0 unspecified atom stereocenters. The largest absolute Gasteiger partial charge is 2.00 e. The van der Waals surface area contributed by atoms with Gasteiger partial charge in [0.15, 0.2) is 0 Å². The summed E-state index contributed by atoms with van der Waals surface area (Å²) >= 11 is 0. The molecule has 0 aliphatic heterocycles. The average Bonchev–Trinajstić information content (AvgIpc) is 3.13. The number of hydrogen-bond donors (Lipinski definition) is 2. The maximum absolute atomic E-state index is 11.4. The third-order valence-corrected chi connectivity index (χ3v) is 10.2. The molecular weight excluding hydrogens is 689 g/mol. The van der Waals surface area contributed by atoms with Crippen LogP contribution in [0.15, 0.2) is 36.4 Å². The number of unbranched alkanes of at least 4 members (excludes halogenated alkanes) is 26. The van der Waals surface area contributed by atoms with Crippen LogP contribution in [-0.4, -0.2) is 59.9 Å². The predicted molar refractivity (Wildman–Crippen MR) is 219 cm³/mol. The Balaban J connectivity index is 0.00000100. The molecule has 0 atom stereocenters. The summed E-state index contributed by atoms with van der Waals surface area (Å²) in [6.07, 6.45) is 39.0. The van der Waals surface area contributed by atoms with Crippen LogP contribution in [0.5, 0.6) is 11.5 Å². The normalized spacial score (nSPS) is 10.8. The van der Waals surface area contributed by atoms with Crippen molar-refractivity contribution in [3.8, 4) is 11.5 Å². The third kappa shape index (κ3) is 28.3. The monoisotopic (exact) mass is 763 g/mol. The molecule has 2 N–H and O–H groups in total. The van der Waals surface area contributed by atoms with Crippen LogP contribution in [0.3, 0.4) is 0 Å². The van der Waals surface area contributed by atoms with Crippen molar-refractivity contribution in [1.82, 2.24) is 0 Å². The molecule has 7 heteroatoms. The number of aromatic carboxylic acids is 2. The van der Waals surface area contributed by atoms with Gasteiger partial charge in [-0.1, -0.05) is 217 Å². The summed E-state index contributed by atoms with van der Waals surface area (Å²) in [6.45, 7) is 4.53. The molecule has 0 heterocycles. The molecule has 53 heavy (non-hydrogen) atoms. The number of benzene rings is 2. The Bertz CT molecular complexity index is 1090. The first kappa shape index (κ1) is 51.2. The molecule has 6 nitrogen and oxygen atoms in total. The fourth-order valence-corrected chi connectivity index (χ4v) is 6.85. The predicted octanol–water partition coefficient (Wildman–Crippen LogP) is 12.6. The van der Waals surface area contributed by atoms with E-state index in [2.05, 4.69) is 13.8 Å². The Morgan fingerprint density at radius 3 is 0.868 bits per heavy atom. The van der Waals surface area contributed by atoms with Gasteiger partial charge in [0.1, 0.15) is 0 Å². The molecule has 2 rings (SSSR count). The first-order valence-electron chi connectivity index (χ1n) is 21.4. The van der Waals surface area contributed by atoms with E-state index in [4.69, 9.17) is 10.2 Å². The zero-order valence-corrected chi connectivity index (χ0v) is 36.1. The molecular formula is C46H74CaO6. The van der Waals surface area contributed by atoms with Gasteiger partial charge in [-0.2, -0.15) is 0 Å². The van der Waals surface area contributed by atoms with Crippen molar-refractivity contribution in [3.05, 3.63) is 58.7 Å². The Labute approximate surface area is 354 Å². The van der Waals surface area contributed by atoms with Crippen LogP contribution < -0.4 is 10.2 Å². The van der Waals surface area contributed by atoms with E-state index >= 15 is 0 Å². The van der Waals surface area contributed by atoms with Crippen LogP contribution in [0.25, 0.3) is 0 Å². The molecule has 0 spiro atoms. The van der Waals surface area contributed by atoms with E-state index < -0.39 is 23.4 Å². The molecule has 0 saturated heterocycles. The molecule has 2 aromatic rings. The van der Waals surface area contributed by atoms with Gasteiger partial charge in [0.05, 0.1) is 11.1 Å². The average molecular weight is 763 g/mol. The fourth-order valence-electron chi connectivity index (χ4n) is 6.85. The van der Waals surface area contributed by atoms with Gasteiger partial charge >= 0.3 is 49.7 Å². The van der Waals surface area contributed by atoms with E-state index in [1.54, 1.807) is 12.1 Å². The van der Waals surface area contributed by atoms with Gasteiger partial charge in [0.25, 0.3) is 0 Å². The van der Waals surface area contributed by atoms with E-state index in [0.29, 0.717) is 0 Å². The van der Waals surface area contributed by atoms with Crippen LogP contribution in [0.4, 0.5) is 0 Å². The van der Waals surface area contributed by atoms with Gasteiger partial charge < -0.3 is 20.4 Å². The SMILES string of the molecule is CCCCCCCCCCCCCCCCc1ccc([O-])c(C(=O)O)c1.CCCCCCCCCCCCCCCCc1ccc([O-])c(C(=O)O)c1.[Ca+2].